The third-order valence-electron chi connectivity index (χ3n) is 2.91. The van der Waals surface area contributed by atoms with E-state index in [1.54, 1.807) is 0 Å². The van der Waals surface area contributed by atoms with Crippen LogP contribution >= 0.6 is 0 Å². The summed E-state index contributed by atoms with van der Waals surface area (Å²) < 4.78 is 15.9. The van der Waals surface area contributed by atoms with Crippen molar-refractivity contribution in [2.24, 2.45) is 5.84 Å². The maximum atomic E-state index is 5.58. The van der Waals surface area contributed by atoms with Crippen molar-refractivity contribution in [1.29, 1.82) is 0 Å². The zero-order valence-corrected chi connectivity index (χ0v) is 10.4. The van der Waals surface area contributed by atoms with Crippen molar-refractivity contribution in [3.05, 3.63) is 0 Å². The monoisotopic (exact) mass is 268 g/mol. The standard InChI is InChI=1S/C10H16N6O3/c11-15-8-12-9(16-1-3-17-4-2-16)14-10(13-8)19-7-5-18-6-7/h7H,1-6,11H2,(H,12,13,14,15). The van der Waals surface area contributed by atoms with E-state index in [9.17, 15) is 0 Å². The van der Waals surface area contributed by atoms with Gasteiger partial charge < -0.3 is 19.1 Å². The van der Waals surface area contributed by atoms with Gasteiger partial charge in [-0.2, -0.15) is 15.0 Å². The van der Waals surface area contributed by atoms with E-state index in [1.165, 1.54) is 0 Å². The third-order valence-corrected chi connectivity index (χ3v) is 2.91. The molecular weight excluding hydrogens is 252 g/mol. The van der Waals surface area contributed by atoms with Crippen molar-refractivity contribution < 1.29 is 14.2 Å². The van der Waals surface area contributed by atoms with Crippen molar-refractivity contribution in [1.82, 2.24) is 15.0 Å². The second-order valence-electron chi connectivity index (χ2n) is 4.26. The Morgan fingerprint density at radius 2 is 1.95 bits per heavy atom. The minimum Gasteiger partial charge on any atom is -0.455 e. The average Bonchev–Trinajstić information content (AvgIpc) is 2.43. The van der Waals surface area contributed by atoms with Crippen molar-refractivity contribution in [3.8, 4) is 6.01 Å². The lowest BCUT2D eigenvalue weighted by molar-refractivity contribution is -0.0831. The topological polar surface area (TPSA) is 108 Å². The van der Waals surface area contributed by atoms with E-state index in [1.807, 2.05) is 4.90 Å². The van der Waals surface area contributed by atoms with Gasteiger partial charge in [-0.1, -0.05) is 0 Å². The van der Waals surface area contributed by atoms with Crippen LogP contribution in [-0.2, 0) is 9.47 Å². The Hall–Kier alpha value is -1.71. The van der Waals surface area contributed by atoms with Crippen LogP contribution in [0, 0.1) is 0 Å². The van der Waals surface area contributed by atoms with Gasteiger partial charge >= 0.3 is 6.01 Å². The zero-order chi connectivity index (χ0) is 13.1. The lowest BCUT2D eigenvalue weighted by Crippen LogP contribution is -2.40. The number of hydrazine groups is 1. The highest BCUT2D eigenvalue weighted by Gasteiger charge is 2.23. The van der Waals surface area contributed by atoms with Gasteiger partial charge in [0.15, 0.2) is 0 Å². The Bertz CT molecular complexity index is 435. The molecule has 0 radical (unpaired) electrons. The van der Waals surface area contributed by atoms with Crippen LogP contribution in [0.3, 0.4) is 0 Å². The van der Waals surface area contributed by atoms with Crippen molar-refractivity contribution in [2.75, 3.05) is 49.8 Å². The van der Waals surface area contributed by atoms with Crippen molar-refractivity contribution in [3.63, 3.8) is 0 Å². The molecule has 2 aliphatic rings. The first-order valence-electron chi connectivity index (χ1n) is 6.15. The first-order chi connectivity index (χ1) is 9.35. The molecule has 3 N–H and O–H groups in total. The lowest BCUT2D eigenvalue weighted by Gasteiger charge is -2.28. The number of rotatable bonds is 4. The normalized spacial score (nSPS) is 19.9. The SMILES string of the molecule is NNc1nc(OC2COC2)nc(N2CCOCC2)n1. The van der Waals surface area contributed by atoms with E-state index in [-0.39, 0.29) is 18.1 Å². The molecule has 0 aromatic carbocycles. The van der Waals surface area contributed by atoms with E-state index >= 15 is 0 Å². The van der Waals surface area contributed by atoms with Crippen LogP contribution in [-0.4, -0.2) is 60.6 Å². The number of aromatic nitrogens is 3. The first-order valence-corrected chi connectivity index (χ1v) is 6.15. The molecule has 0 saturated carbocycles. The van der Waals surface area contributed by atoms with Crippen LogP contribution in [0.25, 0.3) is 0 Å². The van der Waals surface area contributed by atoms with E-state index in [2.05, 4.69) is 20.4 Å². The molecule has 1 aromatic rings. The molecule has 1 aromatic heterocycles. The fourth-order valence-corrected chi connectivity index (χ4v) is 1.80. The molecule has 0 spiro atoms. The number of nitrogens with two attached hydrogens (primary N) is 1. The Morgan fingerprint density at radius 3 is 2.58 bits per heavy atom. The van der Waals surface area contributed by atoms with Gasteiger partial charge in [0, 0.05) is 13.1 Å². The molecule has 3 rings (SSSR count). The smallest absolute Gasteiger partial charge is 0.323 e. The van der Waals surface area contributed by atoms with Crippen LogP contribution in [0.5, 0.6) is 6.01 Å². The molecular formula is C10H16N6O3. The molecule has 19 heavy (non-hydrogen) atoms. The van der Waals surface area contributed by atoms with Gasteiger partial charge in [0.25, 0.3) is 0 Å². The predicted octanol–water partition coefficient (Wildman–Crippen LogP) is -1.23. The third kappa shape index (κ3) is 2.83. The second kappa shape index (κ2) is 5.51. The second-order valence-corrected chi connectivity index (χ2v) is 4.26. The van der Waals surface area contributed by atoms with Crippen LogP contribution in [0.15, 0.2) is 0 Å². The van der Waals surface area contributed by atoms with Crippen molar-refractivity contribution >= 4 is 11.9 Å². The zero-order valence-electron chi connectivity index (χ0n) is 10.4. The molecule has 2 aliphatic heterocycles. The summed E-state index contributed by atoms with van der Waals surface area (Å²) in [6, 6.07) is 0.262. The maximum absolute atomic E-state index is 5.58. The van der Waals surface area contributed by atoms with Crippen LogP contribution in [0.4, 0.5) is 11.9 Å². The lowest BCUT2D eigenvalue weighted by atomic mass is 10.3. The molecule has 9 heteroatoms. The fourth-order valence-electron chi connectivity index (χ4n) is 1.80. The summed E-state index contributed by atoms with van der Waals surface area (Å²) in [5, 5.41) is 0. The Labute approximate surface area is 110 Å². The molecule has 0 unspecified atom stereocenters. The number of morpholine rings is 1. The summed E-state index contributed by atoms with van der Waals surface area (Å²) in [5.74, 6) is 6.20. The number of nitrogens with zero attached hydrogens (tertiary/aromatic N) is 4. The van der Waals surface area contributed by atoms with Gasteiger partial charge in [-0.25, -0.2) is 5.84 Å². The Kier molecular flexibility index (Phi) is 3.58. The summed E-state index contributed by atoms with van der Waals surface area (Å²) in [6.07, 6.45) is 0.00515. The quantitative estimate of drug-likeness (QED) is 0.512. The average molecular weight is 268 g/mol. The van der Waals surface area contributed by atoms with E-state index in [4.69, 9.17) is 20.1 Å². The number of nitrogens with one attached hydrogen (secondary N) is 1. The van der Waals surface area contributed by atoms with Crippen molar-refractivity contribution in [2.45, 2.75) is 6.10 Å². The van der Waals surface area contributed by atoms with Gasteiger partial charge in [0.1, 0.15) is 6.10 Å². The minimum absolute atomic E-state index is 0.00515. The molecule has 0 bridgehead atoms. The van der Waals surface area contributed by atoms with Crippen LogP contribution in [0.2, 0.25) is 0 Å². The highest BCUT2D eigenvalue weighted by atomic mass is 16.6. The van der Waals surface area contributed by atoms with Gasteiger partial charge in [-0.05, 0) is 0 Å². The van der Waals surface area contributed by atoms with Gasteiger partial charge in [0.05, 0.1) is 26.4 Å². The van der Waals surface area contributed by atoms with Gasteiger partial charge in [-0.3, -0.25) is 5.43 Å². The molecule has 9 nitrogen and oxygen atoms in total. The number of ether oxygens (including phenoxy) is 3. The molecule has 0 atom stereocenters. The number of hydrogen-bond acceptors (Lipinski definition) is 9. The number of anilines is 2. The van der Waals surface area contributed by atoms with Crippen LogP contribution < -0.4 is 20.9 Å². The van der Waals surface area contributed by atoms with Gasteiger partial charge in [0.2, 0.25) is 11.9 Å². The molecule has 2 saturated heterocycles. The fraction of sp³-hybridized carbons (Fsp3) is 0.700. The summed E-state index contributed by atoms with van der Waals surface area (Å²) in [7, 11) is 0. The summed E-state index contributed by atoms with van der Waals surface area (Å²) >= 11 is 0. The van der Waals surface area contributed by atoms with Gasteiger partial charge in [-0.15, -0.1) is 0 Å². The Morgan fingerprint density at radius 1 is 1.16 bits per heavy atom. The maximum Gasteiger partial charge on any atom is 0.323 e. The summed E-state index contributed by atoms with van der Waals surface area (Å²) in [4.78, 5) is 14.6. The van der Waals surface area contributed by atoms with E-state index < -0.39 is 0 Å². The highest BCUT2D eigenvalue weighted by molar-refractivity contribution is 5.38. The molecule has 3 heterocycles. The number of hydrogen-bond donors (Lipinski definition) is 2. The molecule has 104 valence electrons. The molecule has 0 amide bonds. The van der Waals surface area contributed by atoms with E-state index in [0.29, 0.717) is 32.4 Å². The number of nitrogen functional groups attached to an aromatic ring is 1. The predicted molar refractivity (Wildman–Crippen MR) is 65.9 cm³/mol. The molecule has 2 fully saturated rings. The highest BCUT2D eigenvalue weighted by Crippen LogP contribution is 2.18. The first kappa shape index (κ1) is 12.3. The van der Waals surface area contributed by atoms with Crippen LogP contribution in [0.1, 0.15) is 0 Å². The van der Waals surface area contributed by atoms with E-state index in [0.717, 1.165) is 13.1 Å². The molecule has 0 aliphatic carbocycles. The largest absolute Gasteiger partial charge is 0.455 e. The Balaban J connectivity index is 1.78. The summed E-state index contributed by atoms with van der Waals surface area (Å²) in [6.45, 7) is 3.90. The summed E-state index contributed by atoms with van der Waals surface area (Å²) in [5.41, 5.74) is 2.42. The minimum atomic E-state index is 0.00515.